The van der Waals surface area contributed by atoms with Gasteiger partial charge in [-0.15, -0.1) is 0 Å². The lowest BCUT2D eigenvalue weighted by molar-refractivity contribution is -0.138. The maximum Gasteiger partial charge on any atom is 0.333 e. The number of esters is 1. The second-order valence-electron chi connectivity index (χ2n) is 11.8. The van der Waals surface area contributed by atoms with Crippen molar-refractivity contribution in [2.75, 3.05) is 26.7 Å². The molecule has 0 radical (unpaired) electrons. The quantitative estimate of drug-likeness (QED) is 0.131. The molecule has 2 aliphatic rings. The molecule has 1 aliphatic heterocycles. The van der Waals surface area contributed by atoms with Crippen molar-refractivity contribution >= 4 is 17.8 Å². The van der Waals surface area contributed by atoms with Crippen LogP contribution in [0.2, 0.25) is 0 Å². The average Bonchev–Trinajstić information content (AvgIpc) is 2.97. The summed E-state index contributed by atoms with van der Waals surface area (Å²) in [6.45, 7) is 14.6. The highest BCUT2D eigenvalue weighted by molar-refractivity contribution is 5.88. The Hall–Kier alpha value is -3.47. The van der Waals surface area contributed by atoms with Crippen LogP contribution in [0.15, 0.2) is 94.7 Å². The molecular weight excluding hydrogens is 535 g/mol. The Balaban J connectivity index is 1.87. The third-order valence-electron chi connectivity index (χ3n) is 8.07. The third-order valence-corrected chi connectivity index (χ3v) is 8.07. The summed E-state index contributed by atoms with van der Waals surface area (Å²) in [6, 6.07) is 8.06. The van der Waals surface area contributed by atoms with E-state index in [4.69, 9.17) is 4.74 Å². The fraction of sp³-hybridized carbons (Fsp3) is 0.474. The van der Waals surface area contributed by atoms with Gasteiger partial charge in [0.05, 0.1) is 6.61 Å². The molecular formula is C38H51FN2O2. The van der Waals surface area contributed by atoms with Crippen molar-refractivity contribution in [3.05, 3.63) is 101 Å². The molecule has 0 saturated heterocycles. The number of hydrogen-bond acceptors (Lipinski definition) is 4. The lowest BCUT2D eigenvalue weighted by Crippen LogP contribution is -2.29. The summed E-state index contributed by atoms with van der Waals surface area (Å²) in [5, 5.41) is 0. The SMILES string of the molecule is C=C1CC=C(c2ccc([C@@](F)(C/C=C/C(C)C)CCCC)cc2)C=C1/C(=C\C=NC)N1CC/C=C(\C(=O)OCC)CCC1. The van der Waals surface area contributed by atoms with Gasteiger partial charge in [-0.05, 0) is 79.4 Å². The molecule has 1 atom stereocenters. The number of rotatable bonds is 13. The highest BCUT2D eigenvalue weighted by Crippen LogP contribution is 2.38. The van der Waals surface area contributed by atoms with Crippen LogP contribution in [0.5, 0.6) is 0 Å². The number of carbonyl (C=O) groups excluding carboxylic acids is 1. The predicted molar refractivity (Wildman–Crippen MR) is 180 cm³/mol. The average molecular weight is 587 g/mol. The van der Waals surface area contributed by atoms with Crippen LogP contribution < -0.4 is 0 Å². The lowest BCUT2D eigenvalue weighted by atomic mass is 9.85. The normalized spacial score (nSPS) is 19.5. The first-order valence-electron chi connectivity index (χ1n) is 16.0. The number of unbranched alkanes of at least 4 members (excludes halogenated alkanes) is 1. The molecule has 43 heavy (non-hydrogen) atoms. The number of hydrogen-bond donors (Lipinski definition) is 0. The Morgan fingerprint density at radius 1 is 1.19 bits per heavy atom. The first-order chi connectivity index (χ1) is 20.7. The zero-order chi connectivity index (χ0) is 31.2. The summed E-state index contributed by atoms with van der Waals surface area (Å²) in [4.78, 5) is 18.9. The topological polar surface area (TPSA) is 41.9 Å². The van der Waals surface area contributed by atoms with Crippen LogP contribution in [0, 0.1) is 5.92 Å². The van der Waals surface area contributed by atoms with Gasteiger partial charge in [-0.1, -0.05) is 88.8 Å². The van der Waals surface area contributed by atoms with Crippen LogP contribution in [0.25, 0.3) is 5.57 Å². The van der Waals surface area contributed by atoms with Gasteiger partial charge in [-0.2, -0.15) is 0 Å². The predicted octanol–water partition coefficient (Wildman–Crippen LogP) is 9.47. The van der Waals surface area contributed by atoms with E-state index in [2.05, 4.69) is 73.7 Å². The summed E-state index contributed by atoms with van der Waals surface area (Å²) in [6.07, 6.45) is 20.2. The number of aliphatic imine (C=N–C) groups is 1. The highest BCUT2D eigenvalue weighted by atomic mass is 19.1. The third kappa shape index (κ3) is 9.77. The van der Waals surface area contributed by atoms with Crippen molar-refractivity contribution in [2.45, 2.75) is 84.7 Å². The molecule has 232 valence electrons. The Kier molecular flexibility index (Phi) is 13.4. The van der Waals surface area contributed by atoms with E-state index < -0.39 is 5.67 Å². The van der Waals surface area contributed by atoms with Gasteiger partial charge < -0.3 is 9.64 Å². The number of carbonyl (C=O) groups is 1. The second-order valence-corrected chi connectivity index (χ2v) is 11.8. The summed E-state index contributed by atoms with van der Waals surface area (Å²) < 4.78 is 21.5. The van der Waals surface area contributed by atoms with E-state index in [0.29, 0.717) is 31.8 Å². The van der Waals surface area contributed by atoms with Gasteiger partial charge in [0.15, 0.2) is 0 Å². The maximum absolute atomic E-state index is 16.3. The van der Waals surface area contributed by atoms with Crippen LogP contribution in [0.3, 0.4) is 0 Å². The molecule has 1 heterocycles. The van der Waals surface area contributed by atoms with E-state index in [-0.39, 0.29) is 5.97 Å². The molecule has 4 nitrogen and oxygen atoms in total. The Labute approximate surface area is 259 Å². The molecule has 1 aromatic carbocycles. The zero-order valence-electron chi connectivity index (χ0n) is 27.0. The minimum Gasteiger partial charge on any atom is -0.463 e. The minimum atomic E-state index is -1.36. The second kappa shape index (κ2) is 17.0. The van der Waals surface area contributed by atoms with E-state index in [9.17, 15) is 4.79 Å². The standard InChI is InChI=1S/C38H51FN2O2/c1-7-9-23-38(39,24-10-13-29(3)4)34-20-18-31(19-21-34)33-17-16-30(5)35(28-33)36(22-25-40-6)41-26-11-14-32(15-12-27-41)37(42)43-8-2/h10,13-14,17-22,25,28-29H,5,7-9,11-12,15-16,23-24,26-27H2,1-4,6H3/b13-10+,32-14-,36-22+,40-25?/t38-/m0/s1. The van der Waals surface area contributed by atoms with Gasteiger partial charge >= 0.3 is 5.97 Å². The fourth-order valence-electron chi connectivity index (χ4n) is 5.66. The van der Waals surface area contributed by atoms with Gasteiger partial charge in [-0.25, -0.2) is 9.18 Å². The van der Waals surface area contributed by atoms with E-state index in [0.717, 1.165) is 84.3 Å². The first-order valence-corrected chi connectivity index (χ1v) is 16.0. The highest BCUT2D eigenvalue weighted by Gasteiger charge is 2.30. The first kappa shape index (κ1) is 34.0. The van der Waals surface area contributed by atoms with E-state index in [1.54, 1.807) is 7.05 Å². The summed E-state index contributed by atoms with van der Waals surface area (Å²) in [7, 11) is 1.77. The minimum absolute atomic E-state index is 0.198. The van der Waals surface area contributed by atoms with Gasteiger partial charge in [0, 0.05) is 49.6 Å². The van der Waals surface area contributed by atoms with Crippen molar-refractivity contribution < 1.29 is 13.9 Å². The van der Waals surface area contributed by atoms with Crippen molar-refractivity contribution in [3.8, 4) is 0 Å². The molecule has 0 amide bonds. The number of alkyl halides is 1. The van der Waals surface area contributed by atoms with Crippen LogP contribution in [0.1, 0.15) is 90.2 Å². The van der Waals surface area contributed by atoms with Gasteiger partial charge in [0.1, 0.15) is 5.67 Å². The molecule has 0 bridgehead atoms. The molecule has 0 N–H and O–H groups in total. The molecule has 0 aromatic heterocycles. The fourth-order valence-corrected chi connectivity index (χ4v) is 5.66. The molecule has 0 fully saturated rings. The number of ether oxygens (including phenoxy) is 1. The number of allylic oxidation sites excluding steroid dienone is 7. The molecule has 0 saturated carbocycles. The van der Waals surface area contributed by atoms with Crippen molar-refractivity contribution in [2.24, 2.45) is 10.9 Å². The van der Waals surface area contributed by atoms with Gasteiger partial charge in [-0.3, -0.25) is 4.99 Å². The van der Waals surface area contributed by atoms with E-state index in [1.165, 1.54) is 0 Å². The van der Waals surface area contributed by atoms with E-state index >= 15 is 4.39 Å². The van der Waals surface area contributed by atoms with Crippen LogP contribution in [0.4, 0.5) is 4.39 Å². The number of halogens is 1. The monoisotopic (exact) mass is 586 g/mol. The van der Waals surface area contributed by atoms with Crippen molar-refractivity contribution in [1.29, 1.82) is 0 Å². The van der Waals surface area contributed by atoms with Crippen LogP contribution in [-0.4, -0.2) is 43.8 Å². The van der Waals surface area contributed by atoms with Crippen LogP contribution >= 0.6 is 0 Å². The molecule has 0 spiro atoms. The largest absolute Gasteiger partial charge is 0.463 e. The zero-order valence-corrected chi connectivity index (χ0v) is 27.0. The Bertz CT molecular complexity index is 1280. The molecule has 0 unspecified atom stereocenters. The smallest absolute Gasteiger partial charge is 0.333 e. The van der Waals surface area contributed by atoms with Gasteiger partial charge in [0.2, 0.25) is 0 Å². The summed E-state index contributed by atoms with van der Waals surface area (Å²) in [5.74, 6) is 0.211. The Morgan fingerprint density at radius 2 is 1.95 bits per heavy atom. The lowest BCUT2D eigenvalue weighted by Gasteiger charge is -2.32. The maximum atomic E-state index is 16.3. The molecule has 1 aromatic rings. The van der Waals surface area contributed by atoms with E-state index in [1.807, 2.05) is 37.4 Å². The molecule has 3 rings (SSSR count). The molecule has 5 heteroatoms. The Morgan fingerprint density at radius 3 is 2.63 bits per heavy atom. The van der Waals surface area contributed by atoms with Gasteiger partial charge in [0.25, 0.3) is 0 Å². The number of benzene rings is 1. The van der Waals surface area contributed by atoms with Crippen molar-refractivity contribution in [1.82, 2.24) is 4.90 Å². The van der Waals surface area contributed by atoms with Crippen LogP contribution in [-0.2, 0) is 15.2 Å². The molecule has 1 aliphatic carbocycles. The number of nitrogens with zero attached hydrogens (tertiary/aromatic N) is 2. The van der Waals surface area contributed by atoms with Crippen molar-refractivity contribution in [3.63, 3.8) is 0 Å². The summed E-state index contributed by atoms with van der Waals surface area (Å²) >= 11 is 0. The summed E-state index contributed by atoms with van der Waals surface area (Å²) in [5.41, 5.74) is 5.59.